The highest BCUT2D eigenvalue weighted by molar-refractivity contribution is 7.92. The molecule has 8 heteroatoms. The molecule has 2 aromatic carbocycles. The highest BCUT2D eigenvalue weighted by atomic mass is 32.2. The third-order valence-electron chi connectivity index (χ3n) is 5.36. The second-order valence-electron chi connectivity index (χ2n) is 6.87. The van der Waals surface area contributed by atoms with Gasteiger partial charge in [0.2, 0.25) is 6.79 Å². The minimum absolute atomic E-state index is 0.0421. The lowest BCUT2D eigenvalue weighted by Crippen LogP contribution is -2.27. The summed E-state index contributed by atoms with van der Waals surface area (Å²) in [6, 6.07) is 11.1. The summed E-state index contributed by atoms with van der Waals surface area (Å²) in [6.07, 6.45) is 0. The fraction of sp³-hybridized carbons (Fsp3) is 0.316. The highest BCUT2D eigenvalue weighted by Crippen LogP contribution is 2.64. The van der Waals surface area contributed by atoms with Gasteiger partial charge in [-0.15, -0.1) is 0 Å². The van der Waals surface area contributed by atoms with Crippen LogP contribution in [0.3, 0.4) is 0 Å². The molecular formula is C19H18O7S. The number of aryl methyl sites for hydroxylation is 1. The van der Waals surface area contributed by atoms with E-state index in [1.807, 2.05) is 6.92 Å². The van der Waals surface area contributed by atoms with Crippen LogP contribution in [0.15, 0.2) is 47.4 Å². The Balaban J connectivity index is 1.80. The summed E-state index contributed by atoms with van der Waals surface area (Å²) in [4.78, 5) is 12.0. The number of benzene rings is 2. The standard InChI is InChI=1S/C19H18O7S/c1-11-2-5-13(6-3-11)27(23,24)17-16(19(17,9-20)18(21)22)12-4-7-14-15(8-12)26-10-25-14/h2-8,16-17,20H,9-10H2,1H3,(H,21,22). The lowest BCUT2D eigenvalue weighted by molar-refractivity contribution is -0.145. The first-order chi connectivity index (χ1) is 12.8. The van der Waals surface area contributed by atoms with Crippen molar-refractivity contribution in [1.29, 1.82) is 0 Å². The molecule has 3 unspecified atom stereocenters. The summed E-state index contributed by atoms with van der Waals surface area (Å²) >= 11 is 0. The Kier molecular flexibility index (Phi) is 3.94. The molecule has 7 nitrogen and oxygen atoms in total. The van der Waals surface area contributed by atoms with Crippen molar-refractivity contribution in [3.8, 4) is 11.5 Å². The zero-order valence-electron chi connectivity index (χ0n) is 14.5. The van der Waals surface area contributed by atoms with Gasteiger partial charge in [0.25, 0.3) is 0 Å². The van der Waals surface area contributed by atoms with E-state index >= 15 is 0 Å². The molecule has 1 heterocycles. The number of carboxylic acid groups (broad SMARTS) is 1. The maximum Gasteiger partial charge on any atom is 0.314 e. The molecule has 27 heavy (non-hydrogen) atoms. The third kappa shape index (κ3) is 2.51. The first-order valence-electron chi connectivity index (χ1n) is 8.37. The summed E-state index contributed by atoms with van der Waals surface area (Å²) < 4.78 is 36.9. The lowest BCUT2D eigenvalue weighted by atomic mass is 10.00. The van der Waals surface area contributed by atoms with E-state index in [9.17, 15) is 23.4 Å². The smallest absolute Gasteiger partial charge is 0.314 e. The Morgan fingerprint density at radius 1 is 1.15 bits per heavy atom. The van der Waals surface area contributed by atoms with Crippen LogP contribution in [0, 0.1) is 12.3 Å². The van der Waals surface area contributed by atoms with E-state index < -0.39 is 39.0 Å². The number of rotatable bonds is 5. The van der Waals surface area contributed by atoms with E-state index in [0.29, 0.717) is 17.1 Å². The van der Waals surface area contributed by atoms with Crippen molar-refractivity contribution in [2.45, 2.75) is 23.0 Å². The molecule has 0 aromatic heterocycles. The van der Waals surface area contributed by atoms with Gasteiger partial charge < -0.3 is 19.7 Å². The molecule has 0 radical (unpaired) electrons. The topological polar surface area (TPSA) is 110 Å². The molecule has 2 N–H and O–H groups in total. The SMILES string of the molecule is Cc1ccc(S(=O)(=O)C2C(c3ccc4c(c3)OCO4)C2(CO)C(=O)O)cc1. The van der Waals surface area contributed by atoms with Crippen LogP contribution in [0.2, 0.25) is 0 Å². The number of aliphatic hydroxyl groups is 1. The van der Waals surface area contributed by atoms with Crippen molar-refractivity contribution in [3.05, 3.63) is 53.6 Å². The number of fused-ring (bicyclic) bond motifs is 1. The van der Waals surface area contributed by atoms with Crippen LogP contribution in [0.4, 0.5) is 0 Å². The van der Waals surface area contributed by atoms with Crippen LogP contribution >= 0.6 is 0 Å². The predicted octanol–water partition coefficient (Wildman–Crippen LogP) is 1.73. The van der Waals surface area contributed by atoms with Gasteiger partial charge in [0.05, 0.1) is 16.8 Å². The average Bonchev–Trinajstić information content (AvgIpc) is 3.15. The zero-order chi connectivity index (χ0) is 19.4. The molecule has 2 aromatic rings. The van der Waals surface area contributed by atoms with Gasteiger partial charge in [-0.1, -0.05) is 23.8 Å². The average molecular weight is 390 g/mol. The van der Waals surface area contributed by atoms with Crippen molar-refractivity contribution in [2.75, 3.05) is 13.4 Å². The maximum absolute atomic E-state index is 13.2. The van der Waals surface area contributed by atoms with Gasteiger partial charge in [0, 0.05) is 5.92 Å². The summed E-state index contributed by atoms with van der Waals surface area (Å²) in [5.41, 5.74) is -0.419. The molecular weight excluding hydrogens is 372 g/mol. The number of ether oxygens (including phenoxy) is 2. The molecule has 0 spiro atoms. The van der Waals surface area contributed by atoms with Crippen LogP contribution in [-0.4, -0.2) is 43.2 Å². The van der Waals surface area contributed by atoms with E-state index in [1.54, 1.807) is 30.3 Å². The first kappa shape index (κ1) is 17.8. The molecule has 1 saturated carbocycles. The minimum atomic E-state index is -3.97. The number of aliphatic carboxylic acids is 1. The summed E-state index contributed by atoms with van der Waals surface area (Å²) in [6.45, 7) is 1.11. The van der Waals surface area contributed by atoms with Crippen LogP contribution < -0.4 is 9.47 Å². The molecule has 2 aliphatic rings. The van der Waals surface area contributed by atoms with Crippen molar-refractivity contribution >= 4 is 15.8 Å². The van der Waals surface area contributed by atoms with Gasteiger partial charge in [-0.2, -0.15) is 0 Å². The first-order valence-corrected chi connectivity index (χ1v) is 9.91. The van der Waals surface area contributed by atoms with Gasteiger partial charge in [-0.25, -0.2) is 8.42 Å². The third-order valence-corrected chi connectivity index (χ3v) is 7.65. The zero-order valence-corrected chi connectivity index (χ0v) is 15.3. The van der Waals surface area contributed by atoms with Crippen LogP contribution in [0.25, 0.3) is 0 Å². The van der Waals surface area contributed by atoms with E-state index in [0.717, 1.165) is 5.56 Å². The lowest BCUT2D eigenvalue weighted by Gasteiger charge is -2.10. The molecule has 1 fully saturated rings. The fourth-order valence-corrected chi connectivity index (χ4v) is 6.19. The van der Waals surface area contributed by atoms with Crippen LogP contribution in [0.5, 0.6) is 11.5 Å². The van der Waals surface area contributed by atoms with Gasteiger partial charge in [-0.3, -0.25) is 4.79 Å². The monoisotopic (exact) mass is 390 g/mol. The fourth-order valence-electron chi connectivity index (χ4n) is 3.82. The minimum Gasteiger partial charge on any atom is -0.481 e. The van der Waals surface area contributed by atoms with E-state index in [4.69, 9.17) is 9.47 Å². The number of hydrogen-bond donors (Lipinski definition) is 2. The van der Waals surface area contributed by atoms with Gasteiger partial charge in [-0.05, 0) is 36.8 Å². The normalized spacial score (nSPS) is 26.0. The van der Waals surface area contributed by atoms with E-state index in [-0.39, 0.29) is 11.7 Å². The van der Waals surface area contributed by atoms with Gasteiger partial charge in [0.1, 0.15) is 5.41 Å². The molecule has 4 rings (SSSR count). The molecule has 1 aliphatic heterocycles. The Hall–Kier alpha value is -2.58. The largest absolute Gasteiger partial charge is 0.481 e. The molecule has 0 saturated heterocycles. The van der Waals surface area contributed by atoms with Gasteiger partial charge in [0.15, 0.2) is 21.3 Å². The summed E-state index contributed by atoms with van der Waals surface area (Å²) in [7, 11) is -3.97. The highest BCUT2D eigenvalue weighted by Gasteiger charge is 2.75. The second-order valence-corrected chi connectivity index (χ2v) is 8.94. The Morgan fingerprint density at radius 2 is 1.81 bits per heavy atom. The molecule has 1 aliphatic carbocycles. The van der Waals surface area contributed by atoms with Crippen LogP contribution in [-0.2, 0) is 14.6 Å². The van der Waals surface area contributed by atoms with Crippen molar-refractivity contribution in [3.63, 3.8) is 0 Å². The summed E-state index contributed by atoms with van der Waals surface area (Å²) in [5.74, 6) is -1.28. The number of sulfone groups is 1. The Morgan fingerprint density at radius 3 is 2.44 bits per heavy atom. The number of carbonyl (C=O) groups is 1. The molecule has 3 atom stereocenters. The van der Waals surface area contributed by atoms with E-state index in [1.165, 1.54) is 12.1 Å². The summed E-state index contributed by atoms with van der Waals surface area (Å²) in [5, 5.41) is 18.4. The molecule has 0 bridgehead atoms. The number of carboxylic acids is 1. The second kappa shape index (κ2) is 5.97. The molecule has 142 valence electrons. The quantitative estimate of drug-likeness (QED) is 0.800. The Bertz CT molecular complexity index is 1010. The molecule has 0 amide bonds. The predicted molar refractivity (Wildman–Crippen MR) is 94.6 cm³/mol. The number of hydrogen-bond acceptors (Lipinski definition) is 6. The Labute approximate surface area is 156 Å². The maximum atomic E-state index is 13.2. The van der Waals surface area contributed by atoms with Crippen molar-refractivity contribution < 1.29 is 32.9 Å². The van der Waals surface area contributed by atoms with Crippen molar-refractivity contribution in [2.24, 2.45) is 5.41 Å². The van der Waals surface area contributed by atoms with Crippen molar-refractivity contribution in [1.82, 2.24) is 0 Å². The van der Waals surface area contributed by atoms with E-state index in [2.05, 4.69) is 0 Å². The van der Waals surface area contributed by atoms with Gasteiger partial charge >= 0.3 is 5.97 Å². The number of aliphatic hydroxyl groups excluding tert-OH is 1. The van der Waals surface area contributed by atoms with Crippen LogP contribution in [0.1, 0.15) is 17.0 Å².